The van der Waals surface area contributed by atoms with Gasteiger partial charge in [0, 0.05) is 32.6 Å². The summed E-state index contributed by atoms with van der Waals surface area (Å²) in [7, 11) is 3.61. The summed E-state index contributed by atoms with van der Waals surface area (Å²) in [5, 5.41) is 3.62. The number of likely N-dealkylation sites (tertiary alicyclic amines) is 1. The molecule has 4 nitrogen and oxygen atoms in total. The minimum atomic E-state index is 0. The van der Waals surface area contributed by atoms with Crippen molar-refractivity contribution in [1.82, 2.24) is 10.2 Å². The van der Waals surface area contributed by atoms with E-state index in [0.29, 0.717) is 11.8 Å². The van der Waals surface area contributed by atoms with Gasteiger partial charge in [-0.15, -0.1) is 24.0 Å². The second kappa shape index (κ2) is 9.63. The summed E-state index contributed by atoms with van der Waals surface area (Å²) in [5.74, 6) is 3.97. The van der Waals surface area contributed by atoms with Gasteiger partial charge in [-0.2, -0.15) is 0 Å². The summed E-state index contributed by atoms with van der Waals surface area (Å²) < 4.78 is 5.27. The van der Waals surface area contributed by atoms with Crippen molar-refractivity contribution in [3.8, 4) is 5.75 Å². The third-order valence-corrected chi connectivity index (χ3v) is 5.96. The first-order chi connectivity index (χ1) is 13.3. The van der Waals surface area contributed by atoms with E-state index < -0.39 is 0 Å². The van der Waals surface area contributed by atoms with Gasteiger partial charge in [0.15, 0.2) is 5.96 Å². The lowest BCUT2D eigenvalue weighted by atomic mass is 9.98. The molecule has 1 aliphatic carbocycles. The Labute approximate surface area is 185 Å². The van der Waals surface area contributed by atoms with Crippen molar-refractivity contribution in [2.24, 2.45) is 10.9 Å². The van der Waals surface area contributed by atoms with Gasteiger partial charge in [0.2, 0.25) is 0 Å². The summed E-state index contributed by atoms with van der Waals surface area (Å²) in [4.78, 5) is 6.93. The first-order valence-corrected chi connectivity index (χ1v) is 9.93. The Balaban J connectivity index is 0.00000225. The van der Waals surface area contributed by atoms with E-state index in [9.17, 15) is 0 Å². The summed E-state index contributed by atoms with van der Waals surface area (Å²) in [6, 6.07) is 19.4. The second-order valence-electron chi connectivity index (χ2n) is 7.65. The normalized spacial score (nSPS) is 23.9. The Bertz CT molecular complexity index is 778. The lowest BCUT2D eigenvalue weighted by Crippen LogP contribution is -2.40. The number of guanidine groups is 1. The monoisotopic (exact) mass is 491 g/mol. The Morgan fingerprint density at radius 3 is 2.54 bits per heavy atom. The van der Waals surface area contributed by atoms with Crippen LogP contribution in [-0.2, 0) is 0 Å². The van der Waals surface area contributed by atoms with Crippen molar-refractivity contribution < 1.29 is 4.74 Å². The Morgan fingerprint density at radius 1 is 1.11 bits per heavy atom. The average Bonchev–Trinajstić information content (AvgIpc) is 3.35. The molecule has 28 heavy (non-hydrogen) atoms. The maximum atomic E-state index is 5.27. The van der Waals surface area contributed by atoms with Crippen LogP contribution < -0.4 is 10.1 Å². The van der Waals surface area contributed by atoms with E-state index in [1.165, 1.54) is 24.0 Å². The number of nitrogens with zero attached hydrogens (tertiary/aromatic N) is 2. The number of nitrogens with one attached hydrogen (secondary N) is 1. The Hall–Kier alpha value is -1.76. The average molecular weight is 491 g/mol. The maximum absolute atomic E-state index is 5.27. The molecule has 5 heteroatoms. The molecule has 2 aromatic rings. The van der Waals surface area contributed by atoms with Crippen molar-refractivity contribution in [3.63, 3.8) is 0 Å². The lowest BCUT2D eigenvalue weighted by molar-refractivity contribution is 0.414. The van der Waals surface area contributed by atoms with Gasteiger partial charge in [-0.3, -0.25) is 4.99 Å². The number of benzene rings is 2. The van der Waals surface area contributed by atoms with Crippen LogP contribution in [0.15, 0.2) is 59.6 Å². The number of ether oxygens (including phenoxy) is 1. The summed E-state index contributed by atoms with van der Waals surface area (Å²) >= 11 is 0. The molecule has 2 fully saturated rings. The van der Waals surface area contributed by atoms with E-state index in [2.05, 4.69) is 69.8 Å². The molecule has 2 aromatic carbocycles. The minimum Gasteiger partial charge on any atom is -0.497 e. The zero-order valence-electron chi connectivity index (χ0n) is 16.7. The molecule has 0 aromatic heterocycles. The van der Waals surface area contributed by atoms with Gasteiger partial charge in [0.1, 0.15) is 5.75 Å². The molecule has 4 rings (SSSR count). The predicted molar refractivity (Wildman–Crippen MR) is 126 cm³/mol. The number of methoxy groups -OCH3 is 1. The van der Waals surface area contributed by atoms with Gasteiger partial charge in [0.25, 0.3) is 0 Å². The fourth-order valence-electron chi connectivity index (χ4n) is 4.24. The molecule has 3 atom stereocenters. The van der Waals surface area contributed by atoms with E-state index in [1.807, 2.05) is 7.05 Å². The standard InChI is InChI=1S/C23H29N3O.HI/c1-24-23(25-15-20-14-22(20)18-6-4-3-5-7-18)26-13-12-19(16-26)17-8-10-21(27-2)11-9-17;/h3-11,19-20,22H,12-16H2,1-2H3,(H,24,25);1H. The number of halogens is 1. The van der Waals surface area contributed by atoms with E-state index in [4.69, 9.17) is 4.74 Å². The molecular formula is C23H30IN3O. The summed E-state index contributed by atoms with van der Waals surface area (Å²) in [6.45, 7) is 3.10. The highest BCUT2D eigenvalue weighted by Crippen LogP contribution is 2.46. The summed E-state index contributed by atoms with van der Waals surface area (Å²) in [5.41, 5.74) is 2.86. The van der Waals surface area contributed by atoms with E-state index in [1.54, 1.807) is 7.11 Å². The Morgan fingerprint density at radius 2 is 1.86 bits per heavy atom. The molecule has 0 bridgehead atoms. The highest BCUT2D eigenvalue weighted by Gasteiger charge is 2.38. The van der Waals surface area contributed by atoms with Crippen LogP contribution in [0.1, 0.15) is 35.8 Å². The molecule has 1 heterocycles. The maximum Gasteiger partial charge on any atom is 0.193 e. The molecule has 1 saturated carbocycles. The predicted octanol–water partition coefficient (Wildman–Crippen LogP) is 4.48. The smallest absolute Gasteiger partial charge is 0.193 e. The van der Waals surface area contributed by atoms with Crippen LogP contribution in [0.25, 0.3) is 0 Å². The van der Waals surface area contributed by atoms with Crippen molar-refractivity contribution in [2.45, 2.75) is 24.7 Å². The van der Waals surface area contributed by atoms with Crippen molar-refractivity contribution in [3.05, 3.63) is 65.7 Å². The molecule has 0 radical (unpaired) electrons. The molecule has 3 unspecified atom stereocenters. The summed E-state index contributed by atoms with van der Waals surface area (Å²) in [6.07, 6.45) is 2.45. The van der Waals surface area contributed by atoms with Crippen molar-refractivity contribution in [1.29, 1.82) is 0 Å². The van der Waals surface area contributed by atoms with Gasteiger partial charge < -0.3 is 15.0 Å². The van der Waals surface area contributed by atoms with Gasteiger partial charge in [0.05, 0.1) is 7.11 Å². The van der Waals surface area contributed by atoms with Crippen LogP contribution in [0.2, 0.25) is 0 Å². The molecule has 150 valence electrons. The van der Waals surface area contributed by atoms with Gasteiger partial charge in [-0.25, -0.2) is 0 Å². The topological polar surface area (TPSA) is 36.9 Å². The molecular weight excluding hydrogens is 461 g/mol. The Kier molecular flexibility index (Phi) is 7.21. The number of rotatable bonds is 5. The van der Waals surface area contributed by atoms with Crippen LogP contribution in [0.4, 0.5) is 0 Å². The van der Waals surface area contributed by atoms with E-state index in [-0.39, 0.29) is 24.0 Å². The first-order valence-electron chi connectivity index (χ1n) is 9.93. The zero-order valence-corrected chi connectivity index (χ0v) is 19.0. The van der Waals surface area contributed by atoms with Gasteiger partial charge in [-0.1, -0.05) is 42.5 Å². The molecule has 0 amide bonds. The number of aliphatic imine (C=N–C) groups is 1. The number of hydrogen-bond acceptors (Lipinski definition) is 2. The van der Waals surface area contributed by atoms with Gasteiger partial charge >= 0.3 is 0 Å². The molecule has 2 aliphatic rings. The molecule has 1 N–H and O–H groups in total. The number of hydrogen-bond donors (Lipinski definition) is 1. The fraction of sp³-hybridized carbons (Fsp3) is 0.435. The molecule has 1 saturated heterocycles. The van der Waals surface area contributed by atoms with Gasteiger partial charge in [-0.05, 0) is 47.9 Å². The first kappa shape index (κ1) is 21.0. The lowest BCUT2D eigenvalue weighted by Gasteiger charge is -2.22. The highest BCUT2D eigenvalue weighted by molar-refractivity contribution is 14.0. The third-order valence-electron chi connectivity index (χ3n) is 5.96. The highest BCUT2D eigenvalue weighted by atomic mass is 127. The van der Waals surface area contributed by atoms with E-state index >= 15 is 0 Å². The van der Waals surface area contributed by atoms with E-state index in [0.717, 1.165) is 37.3 Å². The van der Waals surface area contributed by atoms with Crippen LogP contribution in [0.5, 0.6) is 5.75 Å². The fourth-order valence-corrected chi connectivity index (χ4v) is 4.24. The minimum absolute atomic E-state index is 0. The van der Waals surface area contributed by atoms with Crippen molar-refractivity contribution >= 4 is 29.9 Å². The SMILES string of the molecule is CN=C(NCC1CC1c1ccccc1)N1CCC(c2ccc(OC)cc2)C1.I. The van der Waals surface area contributed by atoms with Crippen LogP contribution in [0.3, 0.4) is 0 Å². The molecule has 1 aliphatic heterocycles. The largest absolute Gasteiger partial charge is 0.497 e. The third kappa shape index (κ3) is 4.80. The quantitative estimate of drug-likeness (QED) is 0.381. The van der Waals surface area contributed by atoms with Crippen molar-refractivity contribution in [2.75, 3.05) is 33.8 Å². The van der Waals surface area contributed by atoms with Crippen LogP contribution in [-0.4, -0.2) is 44.7 Å². The molecule has 0 spiro atoms. The zero-order chi connectivity index (χ0) is 18.6. The van der Waals surface area contributed by atoms with Crippen LogP contribution >= 0.6 is 24.0 Å². The van der Waals surface area contributed by atoms with Crippen LogP contribution in [0, 0.1) is 5.92 Å². The second-order valence-corrected chi connectivity index (χ2v) is 7.65.